The number of benzene rings is 2. The van der Waals surface area contributed by atoms with E-state index in [0.29, 0.717) is 0 Å². The van der Waals surface area contributed by atoms with Crippen LogP contribution < -0.4 is 4.90 Å². The third-order valence-corrected chi connectivity index (χ3v) is 5.39. The van der Waals surface area contributed by atoms with E-state index in [4.69, 9.17) is 5.26 Å². The number of hydrogen-bond donors (Lipinski definition) is 0. The summed E-state index contributed by atoms with van der Waals surface area (Å²) in [5, 5.41) is 8.91. The van der Waals surface area contributed by atoms with Crippen LogP contribution >= 0.6 is 0 Å². The van der Waals surface area contributed by atoms with Gasteiger partial charge in [-0.3, -0.25) is 0 Å². The van der Waals surface area contributed by atoms with Gasteiger partial charge in [-0.1, -0.05) is 0 Å². The minimum Gasteiger partial charge on any atom is -0.370 e. The molecule has 0 aliphatic carbocycles. The summed E-state index contributed by atoms with van der Waals surface area (Å²) in [4.78, 5) is 1.04. The van der Waals surface area contributed by atoms with Gasteiger partial charge in [-0.05, 0) is 48.4 Å². The molecule has 1 heterocycles. The second-order valence-corrected chi connectivity index (χ2v) is 7.32. The third-order valence-electron chi connectivity index (χ3n) is 5.39. The number of halogens is 10. The van der Waals surface area contributed by atoms with E-state index < -0.39 is 71.5 Å². The minimum atomic E-state index is -5.31. The molecule has 0 aromatic heterocycles. The maximum atomic E-state index is 14.2. The largest absolute Gasteiger partial charge is 0.416 e. The van der Waals surface area contributed by atoms with Gasteiger partial charge in [0.2, 0.25) is 0 Å². The van der Waals surface area contributed by atoms with E-state index in [1.54, 1.807) is 0 Å². The molecule has 1 aliphatic rings. The predicted molar refractivity (Wildman–Crippen MR) is 92.1 cm³/mol. The first kappa shape index (κ1) is 23.7. The highest BCUT2D eigenvalue weighted by atomic mass is 19.4. The van der Waals surface area contributed by atoms with Crippen molar-refractivity contribution < 1.29 is 43.9 Å². The van der Waals surface area contributed by atoms with Crippen LogP contribution in [0, 0.1) is 17.1 Å². The van der Waals surface area contributed by atoms with Crippen LogP contribution in [0.25, 0.3) is 0 Å². The molecule has 2 aromatic rings. The Labute approximate surface area is 174 Å². The lowest BCUT2D eigenvalue weighted by Crippen LogP contribution is -2.45. The Morgan fingerprint density at radius 1 is 0.844 bits per heavy atom. The van der Waals surface area contributed by atoms with Crippen molar-refractivity contribution in [2.24, 2.45) is 0 Å². The topological polar surface area (TPSA) is 27.0 Å². The monoisotopic (exact) mass is 470 g/mol. The van der Waals surface area contributed by atoms with E-state index in [9.17, 15) is 43.9 Å². The number of nitrogens with zero attached hydrogens (tertiary/aromatic N) is 2. The van der Waals surface area contributed by atoms with Crippen molar-refractivity contribution in [2.45, 2.75) is 30.4 Å². The number of hydrogen-bond acceptors (Lipinski definition) is 2. The predicted octanol–water partition coefficient (Wildman–Crippen LogP) is 6.45. The lowest BCUT2D eigenvalue weighted by molar-refractivity contribution is -0.185. The summed E-state index contributed by atoms with van der Waals surface area (Å²) in [6, 6.07) is 4.33. The van der Waals surface area contributed by atoms with Crippen LogP contribution in [-0.4, -0.2) is 19.3 Å². The molecule has 0 bridgehead atoms. The maximum Gasteiger partial charge on any atom is 0.416 e. The molecule has 2 aromatic carbocycles. The van der Waals surface area contributed by atoms with Crippen LogP contribution in [0.2, 0.25) is 0 Å². The number of alkyl halides is 9. The molecule has 2 nitrogen and oxygen atoms in total. The normalized spacial score (nSPS) is 19.8. The zero-order valence-corrected chi connectivity index (χ0v) is 15.8. The fourth-order valence-electron chi connectivity index (χ4n) is 3.69. The number of anilines is 1. The molecule has 3 rings (SSSR count). The summed E-state index contributed by atoms with van der Waals surface area (Å²) in [6.07, 6.45) is -16.7. The lowest BCUT2D eigenvalue weighted by atomic mass is 9.77. The molecular formula is C20H12F10N2. The molecule has 1 fully saturated rings. The maximum absolute atomic E-state index is 14.2. The van der Waals surface area contributed by atoms with Crippen LogP contribution in [0.5, 0.6) is 0 Å². The van der Waals surface area contributed by atoms with E-state index in [2.05, 4.69) is 0 Å². The lowest BCUT2D eigenvalue weighted by Gasteiger charge is -2.33. The Bertz CT molecular complexity index is 1030. The third kappa shape index (κ3) is 4.20. The quantitative estimate of drug-likeness (QED) is 0.472. The van der Waals surface area contributed by atoms with Gasteiger partial charge in [-0.2, -0.15) is 44.8 Å². The van der Waals surface area contributed by atoms with E-state index in [1.807, 2.05) is 0 Å². The molecule has 0 saturated carbocycles. The molecule has 172 valence electrons. The summed E-state index contributed by atoms with van der Waals surface area (Å²) in [5.41, 5.74) is -8.40. The van der Waals surface area contributed by atoms with Gasteiger partial charge in [0.25, 0.3) is 0 Å². The zero-order valence-electron chi connectivity index (χ0n) is 15.8. The highest BCUT2D eigenvalue weighted by Crippen LogP contribution is 2.50. The van der Waals surface area contributed by atoms with Gasteiger partial charge in [0.15, 0.2) is 0 Å². The second kappa shape index (κ2) is 7.56. The standard InChI is InChI=1S/C20H12F10N2/c21-16-2-1-15(5-11(16)9-31)32-4-3-17(10-32,20(28,29)30)12-6-13(18(22,23)24)8-14(7-12)19(25,26)27/h1-2,5-8H,3-4,10H2. The highest BCUT2D eigenvalue weighted by Gasteiger charge is 2.60. The molecule has 0 radical (unpaired) electrons. The SMILES string of the molecule is N#Cc1cc(N2CCC(c3cc(C(F)(F)F)cc(C(F)(F)F)c3)(C(F)(F)F)C2)ccc1F. The number of rotatable bonds is 2. The first-order chi connectivity index (χ1) is 14.6. The van der Waals surface area contributed by atoms with Gasteiger partial charge in [0.05, 0.1) is 16.7 Å². The van der Waals surface area contributed by atoms with Crippen molar-refractivity contribution in [1.82, 2.24) is 0 Å². The average molecular weight is 470 g/mol. The Kier molecular flexibility index (Phi) is 5.60. The van der Waals surface area contributed by atoms with Gasteiger partial charge < -0.3 is 4.90 Å². The Morgan fingerprint density at radius 2 is 1.41 bits per heavy atom. The fraction of sp³-hybridized carbons (Fsp3) is 0.350. The molecule has 0 spiro atoms. The van der Waals surface area contributed by atoms with E-state index in [0.717, 1.165) is 23.1 Å². The summed E-state index contributed by atoms with van der Waals surface area (Å²) in [6.45, 7) is -1.40. The van der Waals surface area contributed by atoms with Crippen molar-refractivity contribution in [2.75, 3.05) is 18.0 Å². The highest BCUT2D eigenvalue weighted by molar-refractivity contribution is 5.55. The molecule has 1 aliphatic heterocycles. The fourth-order valence-corrected chi connectivity index (χ4v) is 3.69. The molecule has 32 heavy (non-hydrogen) atoms. The summed E-state index contributed by atoms with van der Waals surface area (Å²) >= 11 is 0. The first-order valence-electron chi connectivity index (χ1n) is 8.90. The van der Waals surface area contributed by atoms with Gasteiger partial charge in [0, 0.05) is 18.8 Å². The van der Waals surface area contributed by atoms with Crippen molar-refractivity contribution in [3.05, 3.63) is 64.5 Å². The Morgan fingerprint density at radius 3 is 1.88 bits per heavy atom. The molecule has 12 heteroatoms. The van der Waals surface area contributed by atoms with Crippen LogP contribution in [0.4, 0.5) is 49.6 Å². The Balaban J connectivity index is 2.15. The molecule has 1 atom stereocenters. The van der Waals surface area contributed by atoms with Crippen LogP contribution in [0.1, 0.15) is 28.7 Å². The summed E-state index contributed by atoms with van der Waals surface area (Å²) in [7, 11) is 0. The molecule has 0 N–H and O–H groups in total. The van der Waals surface area contributed by atoms with E-state index in [1.165, 1.54) is 6.07 Å². The Hall–Kier alpha value is -2.97. The van der Waals surface area contributed by atoms with Crippen LogP contribution in [-0.2, 0) is 17.8 Å². The minimum absolute atomic E-state index is 0.0166. The van der Waals surface area contributed by atoms with E-state index >= 15 is 0 Å². The zero-order chi connectivity index (χ0) is 24.1. The smallest absolute Gasteiger partial charge is 0.370 e. The summed E-state index contributed by atoms with van der Waals surface area (Å²) < 4.78 is 135. The summed E-state index contributed by atoms with van der Waals surface area (Å²) in [5.74, 6) is -0.926. The molecule has 1 unspecified atom stereocenters. The van der Waals surface area contributed by atoms with Crippen LogP contribution in [0.15, 0.2) is 36.4 Å². The van der Waals surface area contributed by atoms with Crippen molar-refractivity contribution in [1.29, 1.82) is 5.26 Å². The molecule has 1 saturated heterocycles. The van der Waals surface area contributed by atoms with Crippen molar-refractivity contribution in [3.63, 3.8) is 0 Å². The van der Waals surface area contributed by atoms with E-state index in [-0.39, 0.29) is 23.9 Å². The number of nitriles is 1. The van der Waals surface area contributed by atoms with Gasteiger partial charge in [-0.15, -0.1) is 0 Å². The second-order valence-electron chi connectivity index (χ2n) is 7.32. The molecular weight excluding hydrogens is 458 g/mol. The first-order valence-corrected chi connectivity index (χ1v) is 8.90. The van der Waals surface area contributed by atoms with Crippen molar-refractivity contribution in [3.8, 4) is 6.07 Å². The van der Waals surface area contributed by atoms with Gasteiger partial charge >= 0.3 is 18.5 Å². The van der Waals surface area contributed by atoms with Gasteiger partial charge in [-0.25, -0.2) is 4.39 Å². The van der Waals surface area contributed by atoms with Crippen LogP contribution in [0.3, 0.4) is 0 Å². The molecule has 0 amide bonds. The van der Waals surface area contributed by atoms with Gasteiger partial charge in [0.1, 0.15) is 17.3 Å². The average Bonchev–Trinajstić information content (AvgIpc) is 3.13. The van der Waals surface area contributed by atoms with Crippen molar-refractivity contribution >= 4 is 5.69 Å².